The molecule has 1 amide bonds. The van der Waals surface area contributed by atoms with Crippen LogP contribution in [-0.2, 0) is 16.0 Å². The molecule has 0 spiro atoms. The van der Waals surface area contributed by atoms with Crippen LogP contribution in [0.4, 0.5) is 5.69 Å². The predicted octanol–water partition coefficient (Wildman–Crippen LogP) is 1.17. The highest BCUT2D eigenvalue weighted by Gasteiger charge is 2.24. The summed E-state index contributed by atoms with van der Waals surface area (Å²) in [6, 6.07) is 8.04. The lowest BCUT2D eigenvalue weighted by Crippen LogP contribution is -2.48. The van der Waals surface area contributed by atoms with Crippen molar-refractivity contribution < 1.29 is 9.53 Å². The normalized spacial score (nSPS) is 14.6. The third-order valence-corrected chi connectivity index (χ3v) is 4.05. The monoisotopic (exact) mass is 318 g/mol. The van der Waals surface area contributed by atoms with E-state index >= 15 is 0 Å². The lowest BCUT2D eigenvalue weighted by Gasteiger charge is -2.24. The molecule has 0 atom stereocenters. The number of nitrogens with one attached hydrogen (secondary N) is 2. The van der Waals surface area contributed by atoms with Crippen molar-refractivity contribution in [1.82, 2.24) is 10.6 Å². The number of rotatable bonds is 5. The van der Waals surface area contributed by atoms with Gasteiger partial charge in [-0.2, -0.15) is 0 Å². The Balaban J connectivity index is 1.87. The number of para-hydroxylation sites is 1. The van der Waals surface area contributed by atoms with Gasteiger partial charge in [0.1, 0.15) is 0 Å². The number of anilines is 1. The van der Waals surface area contributed by atoms with Crippen LogP contribution in [-0.4, -0.2) is 51.3 Å². The van der Waals surface area contributed by atoms with Crippen LogP contribution in [0.25, 0.3) is 0 Å². The van der Waals surface area contributed by atoms with E-state index in [1.165, 1.54) is 5.56 Å². The van der Waals surface area contributed by atoms with Gasteiger partial charge in [0, 0.05) is 32.9 Å². The van der Waals surface area contributed by atoms with E-state index in [0.717, 1.165) is 18.7 Å². The summed E-state index contributed by atoms with van der Waals surface area (Å²) in [5.74, 6) is 0.639. The molecule has 126 valence electrons. The second-order valence-electron chi connectivity index (χ2n) is 6.17. The van der Waals surface area contributed by atoms with Crippen molar-refractivity contribution in [1.29, 1.82) is 0 Å². The minimum absolute atomic E-state index is 0.0453. The third kappa shape index (κ3) is 4.45. The van der Waals surface area contributed by atoms with Gasteiger partial charge in [0.05, 0.1) is 12.1 Å². The van der Waals surface area contributed by atoms with E-state index in [0.29, 0.717) is 12.5 Å². The summed E-state index contributed by atoms with van der Waals surface area (Å²) in [4.78, 5) is 18.4. The van der Waals surface area contributed by atoms with E-state index in [4.69, 9.17) is 4.74 Å². The topological polar surface area (TPSA) is 66.0 Å². The number of fused-ring (bicyclic) bond motifs is 1. The SMILES string of the molecule is CN=C(NCC(=O)N1CCc2ccccc21)NCC(C)(C)OC. The second kappa shape index (κ2) is 7.46. The van der Waals surface area contributed by atoms with Crippen LogP contribution in [0.1, 0.15) is 19.4 Å². The fourth-order valence-corrected chi connectivity index (χ4v) is 2.44. The van der Waals surface area contributed by atoms with Crippen molar-refractivity contribution in [2.75, 3.05) is 38.7 Å². The minimum atomic E-state index is -0.296. The molecule has 6 nitrogen and oxygen atoms in total. The first-order valence-electron chi connectivity index (χ1n) is 7.85. The van der Waals surface area contributed by atoms with Crippen molar-refractivity contribution in [3.05, 3.63) is 29.8 Å². The minimum Gasteiger partial charge on any atom is -0.377 e. The standard InChI is InChI=1S/C17H26N4O2/c1-17(2,23-4)12-20-16(18-3)19-11-15(22)21-10-9-13-7-5-6-8-14(13)21/h5-8H,9-12H2,1-4H3,(H2,18,19,20). The Kier molecular flexibility index (Phi) is 5.60. The van der Waals surface area contributed by atoms with Crippen molar-refractivity contribution in [3.8, 4) is 0 Å². The van der Waals surface area contributed by atoms with Crippen LogP contribution in [0, 0.1) is 0 Å². The molecule has 1 aromatic rings. The Hall–Kier alpha value is -2.08. The first kappa shape index (κ1) is 17.3. The van der Waals surface area contributed by atoms with E-state index in [1.807, 2.05) is 36.9 Å². The van der Waals surface area contributed by atoms with Gasteiger partial charge in [-0.3, -0.25) is 9.79 Å². The van der Waals surface area contributed by atoms with Crippen LogP contribution in [0.2, 0.25) is 0 Å². The average Bonchev–Trinajstić information content (AvgIpc) is 2.99. The molecule has 0 bridgehead atoms. The zero-order chi connectivity index (χ0) is 16.9. The Morgan fingerprint density at radius 1 is 1.35 bits per heavy atom. The molecule has 0 saturated carbocycles. The van der Waals surface area contributed by atoms with E-state index in [2.05, 4.69) is 21.7 Å². The van der Waals surface area contributed by atoms with E-state index < -0.39 is 0 Å². The molecule has 0 fully saturated rings. The van der Waals surface area contributed by atoms with Crippen molar-refractivity contribution in [2.24, 2.45) is 4.99 Å². The number of benzene rings is 1. The fourth-order valence-electron chi connectivity index (χ4n) is 2.44. The van der Waals surface area contributed by atoms with Crippen LogP contribution < -0.4 is 15.5 Å². The third-order valence-electron chi connectivity index (χ3n) is 4.05. The first-order chi connectivity index (χ1) is 11.0. The second-order valence-corrected chi connectivity index (χ2v) is 6.17. The number of amides is 1. The van der Waals surface area contributed by atoms with Crippen molar-refractivity contribution in [3.63, 3.8) is 0 Å². The number of aliphatic imine (C=N–C) groups is 1. The zero-order valence-corrected chi connectivity index (χ0v) is 14.3. The maximum Gasteiger partial charge on any atom is 0.246 e. The summed E-state index contributed by atoms with van der Waals surface area (Å²) >= 11 is 0. The molecule has 0 aromatic heterocycles. The first-order valence-corrected chi connectivity index (χ1v) is 7.85. The molecule has 1 heterocycles. The number of hydrogen-bond acceptors (Lipinski definition) is 3. The maximum atomic E-state index is 12.4. The van der Waals surface area contributed by atoms with Gasteiger partial charge < -0.3 is 20.3 Å². The predicted molar refractivity (Wildman–Crippen MR) is 93.0 cm³/mol. The molecule has 6 heteroatoms. The molecule has 0 aliphatic carbocycles. The Bertz CT molecular complexity index is 584. The van der Waals surface area contributed by atoms with Gasteiger partial charge in [0.15, 0.2) is 5.96 Å². The molecule has 2 rings (SSSR count). The van der Waals surface area contributed by atoms with E-state index in [1.54, 1.807) is 14.2 Å². The zero-order valence-electron chi connectivity index (χ0n) is 14.3. The number of carbonyl (C=O) groups excluding carboxylic acids is 1. The van der Waals surface area contributed by atoms with E-state index in [9.17, 15) is 4.79 Å². The molecule has 0 saturated heterocycles. The molecule has 0 radical (unpaired) electrons. The summed E-state index contributed by atoms with van der Waals surface area (Å²) in [6.45, 7) is 5.52. The summed E-state index contributed by atoms with van der Waals surface area (Å²) in [6.07, 6.45) is 0.914. The van der Waals surface area contributed by atoms with Gasteiger partial charge in [-0.1, -0.05) is 18.2 Å². The van der Waals surface area contributed by atoms with E-state index in [-0.39, 0.29) is 18.1 Å². The van der Waals surface area contributed by atoms with Crippen LogP contribution in [0.5, 0.6) is 0 Å². The highest BCUT2D eigenvalue weighted by atomic mass is 16.5. The number of ether oxygens (including phenoxy) is 1. The largest absolute Gasteiger partial charge is 0.377 e. The van der Waals surface area contributed by atoms with Crippen LogP contribution in [0.3, 0.4) is 0 Å². The highest BCUT2D eigenvalue weighted by Crippen LogP contribution is 2.27. The van der Waals surface area contributed by atoms with Crippen LogP contribution >= 0.6 is 0 Å². The van der Waals surface area contributed by atoms with Gasteiger partial charge >= 0.3 is 0 Å². The molecular weight excluding hydrogens is 292 g/mol. The lowest BCUT2D eigenvalue weighted by atomic mass is 10.1. The van der Waals surface area contributed by atoms with Crippen LogP contribution in [0.15, 0.2) is 29.3 Å². The number of nitrogens with zero attached hydrogens (tertiary/aromatic N) is 2. The van der Waals surface area contributed by atoms with Gasteiger partial charge in [0.25, 0.3) is 0 Å². The summed E-state index contributed by atoms with van der Waals surface area (Å²) in [5.41, 5.74) is 1.95. The fraction of sp³-hybridized carbons (Fsp3) is 0.529. The quantitative estimate of drug-likeness (QED) is 0.632. The molecule has 0 unspecified atom stereocenters. The Morgan fingerprint density at radius 3 is 2.78 bits per heavy atom. The summed E-state index contributed by atoms with van der Waals surface area (Å²) in [7, 11) is 3.36. The summed E-state index contributed by atoms with van der Waals surface area (Å²) < 4.78 is 5.36. The number of guanidine groups is 1. The molecule has 1 aliphatic heterocycles. The molecule has 2 N–H and O–H groups in total. The van der Waals surface area contributed by atoms with Gasteiger partial charge in [-0.05, 0) is 31.9 Å². The lowest BCUT2D eigenvalue weighted by molar-refractivity contribution is -0.117. The number of hydrogen-bond donors (Lipinski definition) is 2. The number of methoxy groups -OCH3 is 1. The highest BCUT2D eigenvalue weighted by molar-refractivity contribution is 5.98. The number of carbonyl (C=O) groups is 1. The molecule has 23 heavy (non-hydrogen) atoms. The van der Waals surface area contributed by atoms with Gasteiger partial charge in [-0.15, -0.1) is 0 Å². The molecule has 1 aliphatic rings. The Labute approximate surface area is 137 Å². The van der Waals surface area contributed by atoms with Crippen molar-refractivity contribution in [2.45, 2.75) is 25.9 Å². The summed E-state index contributed by atoms with van der Waals surface area (Å²) in [5, 5.41) is 6.23. The van der Waals surface area contributed by atoms with Gasteiger partial charge in [-0.25, -0.2) is 0 Å². The molecular formula is C17H26N4O2. The molecule has 1 aromatic carbocycles. The maximum absolute atomic E-state index is 12.4. The van der Waals surface area contributed by atoms with Crippen molar-refractivity contribution >= 4 is 17.6 Å². The smallest absolute Gasteiger partial charge is 0.246 e. The Morgan fingerprint density at radius 2 is 2.09 bits per heavy atom. The average molecular weight is 318 g/mol. The van der Waals surface area contributed by atoms with Gasteiger partial charge in [0.2, 0.25) is 5.91 Å².